The highest BCUT2D eigenvalue weighted by molar-refractivity contribution is 9.10. The van der Waals surface area contributed by atoms with Crippen LogP contribution < -0.4 is 0 Å². The van der Waals surface area contributed by atoms with E-state index < -0.39 is 0 Å². The number of carbonyl (C=O) groups is 1. The minimum Gasteiger partial charge on any atom is -0.337 e. The number of rotatable bonds is 3. The Labute approximate surface area is 142 Å². The van der Waals surface area contributed by atoms with E-state index in [1.165, 1.54) is 0 Å². The summed E-state index contributed by atoms with van der Waals surface area (Å²) in [6, 6.07) is 11.0. The van der Waals surface area contributed by atoms with Gasteiger partial charge in [0.05, 0.1) is 15.6 Å². The van der Waals surface area contributed by atoms with E-state index in [4.69, 9.17) is 23.2 Å². The van der Waals surface area contributed by atoms with E-state index in [1.54, 1.807) is 24.1 Å². The molecule has 2 rings (SSSR count). The second-order valence-electron chi connectivity index (χ2n) is 4.85. The molecule has 2 nitrogen and oxygen atoms in total. The fourth-order valence-electron chi connectivity index (χ4n) is 2.00. The zero-order valence-corrected chi connectivity index (χ0v) is 14.8. The van der Waals surface area contributed by atoms with Crippen molar-refractivity contribution in [2.24, 2.45) is 0 Å². The van der Waals surface area contributed by atoms with Gasteiger partial charge >= 0.3 is 0 Å². The fraction of sp³-hybridized carbons (Fsp3) is 0.188. The Morgan fingerprint density at radius 1 is 1.19 bits per heavy atom. The van der Waals surface area contributed by atoms with Gasteiger partial charge in [-0.25, -0.2) is 0 Å². The summed E-state index contributed by atoms with van der Waals surface area (Å²) in [5, 5.41) is 1.00. The van der Waals surface area contributed by atoms with Gasteiger partial charge in [0, 0.05) is 18.1 Å². The molecule has 0 atom stereocenters. The monoisotopic (exact) mass is 385 g/mol. The number of hydrogen-bond donors (Lipinski definition) is 0. The molecular weight excluding hydrogens is 373 g/mol. The third-order valence-electron chi connectivity index (χ3n) is 3.17. The summed E-state index contributed by atoms with van der Waals surface area (Å²) >= 11 is 15.4. The normalized spacial score (nSPS) is 10.5. The van der Waals surface area contributed by atoms with Crippen LogP contribution in [0.4, 0.5) is 0 Å². The lowest BCUT2D eigenvalue weighted by atomic mass is 10.1. The van der Waals surface area contributed by atoms with Gasteiger partial charge in [0.2, 0.25) is 0 Å². The zero-order chi connectivity index (χ0) is 15.6. The number of benzene rings is 2. The number of aryl methyl sites for hydroxylation is 1. The molecule has 2 aromatic carbocycles. The summed E-state index contributed by atoms with van der Waals surface area (Å²) in [6.07, 6.45) is 0. The number of amides is 1. The second kappa shape index (κ2) is 6.82. The molecule has 0 aliphatic rings. The molecule has 0 aliphatic carbocycles. The van der Waals surface area contributed by atoms with Crippen LogP contribution in [0.15, 0.2) is 40.9 Å². The summed E-state index contributed by atoms with van der Waals surface area (Å²) in [5.41, 5.74) is 2.62. The highest BCUT2D eigenvalue weighted by Gasteiger charge is 2.16. The van der Waals surface area contributed by atoms with Crippen molar-refractivity contribution in [1.29, 1.82) is 0 Å². The van der Waals surface area contributed by atoms with Crippen LogP contribution in [-0.4, -0.2) is 17.9 Å². The van der Waals surface area contributed by atoms with Crippen LogP contribution in [0.1, 0.15) is 21.5 Å². The van der Waals surface area contributed by atoms with Crippen LogP contribution in [0.5, 0.6) is 0 Å². The maximum Gasteiger partial charge on any atom is 0.255 e. The summed E-state index contributed by atoms with van der Waals surface area (Å²) in [6.45, 7) is 2.43. The molecule has 0 saturated heterocycles. The van der Waals surface area contributed by atoms with Crippen molar-refractivity contribution in [2.45, 2.75) is 13.5 Å². The molecule has 110 valence electrons. The van der Waals surface area contributed by atoms with Crippen LogP contribution in [0.3, 0.4) is 0 Å². The maximum absolute atomic E-state index is 12.5. The third-order valence-corrected chi connectivity index (χ3v) is 4.96. The minimum absolute atomic E-state index is 0.0448. The number of nitrogens with zero attached hydrogens (tertiary/aromatic N) is 1. The number of halogens is 3. The molecule has 0 aromatic heterocycles. The maximum atomic E-state index is 12.5. The van der Waals surface area contributed by atoms with Gasteiger partial charge in [-0.15, -0.1) is 0 Å². The highest BCUT2D eigenvalue weighted by Crippen LogP contribution is 2.25. The lowest BCUT2D eigenvalue weighted by molar-refractivity contribution is 0.0784. The van der Waals surface area contributed by atoms with Crippen molar-refractivity contribution >= 4 is 45.0 Å². The zero-order valence-electron chi connectivity index (χ0n) is 11.7. The molecule has 0 heterocycles. The van der Waals surface area contributed by atoms with Gasteiger partial charge in [-0.3, -0.25) is 4.79 Å². The Morgan fingerprint density at radius 3 is 2.57 bits per heavy atom. The summed E-state index contributed by atoms with van der Waals surface area (Å²) in [4.78, 5) is 14.2. The molecule has 0 fully saturated rings. The van der Waals surface area contributed by atoms with Gasteiger partial charge in [0.25, 0.3) is 5.91 Å². The fourth-order valence-corrected chi connectivity index (χ4v) is 2.76. The van der Waals surface area contributed by atoms with Crippen LogP contribution in [0.25, 0.3) is 0 Å². The first-order valence-corrected chi connectivity index (χ1v) is 7.89. The predicted molar refractivity (Wildman–Crippen MR) is 91.1 cm³/mol. The Hall–Kier alpha value is -1.03. The van der Waals surface area contributed by atoms with E-state index in [0.717, 1.165) is 15.6 Å². The van der Waals surface area contributed by atoms with E-state index in [1.807, 2.05) is 31.2 Å². The van der Waals surface area contributed by atoms with Crippen molar-refractivity contribution in [3.8, 4) is 0 Å². The van der Waals surface area contributed by atoms with Crippen LogP contribution >= 0.6 is 39.1 Å². The second-order valence-corrected chi connectivity index (χ2v) is 6.45. The first-order chi connectivity index (χ1) is 9.90. The standard InChI is InChI=1S/C16H14BrCl2NO/c1-10-4-3-5-12(15(10)17)16(21)20(2)9-11-6-7-13(18)14(19)8-11/h3-8H,9H2,1-2H3. The lowest BCUT2D eigenvalue weighted by Gasteiger charge is -2.19. The minimum atomic E-state index is -0.0448. The van der Waals surface area contributed by atoms with E-state index in [-0.39, 0.29) is 5.91 Å². The van der Waals surface area contributed by atoms with Crippen LogP contribution in [-0.2, 0) is 6.54 Å². The van der Waals surface area contributed by atoms with Gasteiger partial charge in [-0.1, -0.05) is 41.4 Å². The molecule has 2 aromatic rings. The van der Waals surface area contributed by atoms with Gasteiger partial charge in [-0.2, -0.15) is 0 Å². The van der Waals surface area contributed by atoms with E-state index in [2.05, 4.69) is 15.9 Å². The van der Waals surface area contributed by atoms with Gasteiger partial charge < -0.3 is 4.90 Å². The molecule has 0 aliphatic heterocycles. The first-order valence-electron chi connectivity index (χ1n) is 6.34. The molecule has 0 unspecified atom stereocenters. The smallest absolute Gasteiger partial charge is 0.255 e. The predicted octanol–water partition coefficient (Wildman–Crippen LogP) is 5.34. The lowest BCUT2D eigenvalue weighted by Crippen LogP contribution is -2.26. The van der Waals surface area contributed by atoms with Gasteiger partial charge in [0.15, 0.2) is 0 Å². The largest absolute Gasteiger partial charge is 0.337 e. The van der Waals surface area contributed by atoms with Crippen molar-refractivity contribution in [3.05, 3.63) is 67.6 Å². The van der Waals surface area contributed by atoms with Crippen molar-refractivity contribution in [3.63, 3.8) is 0 Å². The topological polar surface area (TPSA) is 20.3 Å². The Kier molecular flexibility index (Phi) is 5.31. The van der Waals surface area contributed by atoms with Gasteiger partial charge in [-0.05, 0) is 52.2 Å². The Morgan fingerprint density at radius 2 is 1.90 bits per heavy atom. The van der Waals surface area contributed by atoms with E-state index in [9.17, 15) is 4.79 Å². The van der Waals surface area contributed by atoms with Gasteiger partial charge in [0.1, 0.15) is 0 Å². The molecule has 0 radical (unpaired) electrons. The van der Waals surface area contributed by atoms with E-state index in [0.29, 0.717) is 22.2 Å². The molecule has 0 spiro atoms. The van der Waals surface area contributed by atoms with Crippen molar-refractivity contribution < 1.29 is 4.79 Å². The molecule has 21 heavy (non-hydrogen) atoms. The van der Waals surface area contributed by atoms with Crippen molar-refractivity contribution in [1.82, 2.24) is 4.90 Å². The molecule has 5 heteroatoms. The molecular formula is C16H14BrCl2NO. The number of carbonyl (C=O) groups excluding carboxylic acids is 1. The average Bonchev–Trinajstić information content (AvgIpc) is 2.45. The first kappa shape index (κ1) is 16.3. The van der Waals surface area contributed by atoms with Crippen LogP contribution in [0, 0.1) is 6.92 Å². The SMILES string of the molecule is Cc1cccc(C(=O)N(C)Cc2ccc(Cl)c(Cl)c2)c1Br. The molecule has 0 N–H and O–H groups in total. The average molecular weight is 387 g/mol. The molecule has 0 bridgehead atoms. The molecule has 0 saturated carbocycles. The van der Waals surface area contributed by atoms with Crippen LogP contribution in [0.2, 0.25) is 10.0 Å². The Bertz CT molecular complexity index is 688. The van der Waals surface area contributed by atoms with E-state index >= 15 is 0 Å². The highest BCUT2D eigenvalue weighted by atomic mass is 79.9. The summed E-state index contributed by atoms with van der Waals surface area (Å²) in [5.74, 6) is -0.0448. The quantitative estimate of drug-likeness (QED) is 0.697. The molecule has 1 amide bonds. The third kappa shape index (κ3) is 3.79. The Balaban J connectivity index is 2.19. The number of hydrogen-bond acceptors (Lipinski definition) is 1. The summed E-state index contributed by atoms with van der Waals surface area (Å²) in [7, 11) is 1.76. The van der Waals surface area contributed by atoms with Crippen molar-refractivity contribution in [2.75, 3.05) is 7.05 Å². The summed E-state index contributed by atoms with van der Waals surface area (Å²) < 4.78 is 0.830.